The first-order valence-corrected chi connectivity index (χ1v) is 10.8. The molecule has 1 fully saturated rings. The lowest BCUT2D eigenvalue weighted by molar-refractivity contribution is -0.124. The van der Waals surface area contributed by atoms with Crippen molar-refractivity contribution < 1.29 is 27.9 Å². The molecule has 7 nitrogen and oxygen atoms in total. The van der Waals surface area contributed by atoms with Crippen LogP contribution in [0.25, 0.3) is 0 Å². The molecule has 0 unspecified atom stereocenters. The van der Waals surface area contributed by atoms with Crippen LogP contribution < -0.4 is 10.6 Å². The summed E-state index contributed by atoms with van der Waals surface area (Å²) in [4.78, 5) is 39.8. The van der Waals surface area contributed by atoms with Crippen LogP contribution in [0.1, 0.15) is 33.6 Å². The highest BCUT2D eigenvalue weighted by Crippen LogP contribution is 2.23. The zero-order valence-electron chi connectivity index (χ0n) is 18.4. The summed E-state index contributed by atoms with van der Waals surface area (Å²) in [5, 5.41) is 5.39. The third kappa shape index (κ3) is 6.35. The SMILES string of the molecule is COCCNC(=O)[C@H](NC(=O)c1ccccc1F)C1CCN(C(=O)c2cccc(F)c2)CC1. The third-order valence-electron chi connectivity index (χ3n) is 5.66. The Morgan fingerprint density at radius 1 is 1.09 bits per heavy atom. The average molecular weight is 459 g/mol. The summed E-state index contributed by atoms with van der Waals surface area (Å²) in [5.74, 6) is -2.79. The molecule has 0 spiro atoms. The number of rotatable bonds is 8. The van der Waals surface area contributed by atoms with Crippen LogP contribution in [0, 0.1) is 17.6 Å². The van der Waals surface area contributed by atoms with Gasteiger partial charge in [0.05, 0.1) is 12.2 Å². The van der Waals surface area contributed by atoms with Gasteiger partial charge < -0.3 is 20.3 Å². The Balaban J connectivity index is 1.69. The van der Waals surface area contributed by atoms with Crippen LogP contribution in [-0.2, 0) is 9.53 Å². The summed E-state index contributed by atoms with van der Waals surface area (Å²) in [7, 11) is 1.51. The molecule has 33 heavy (non-hydrogen) atoms. The van der Waals surface area contributed by atoms with Gasteiger partial charge in [-0.1, -0.05) is 18.2 Å². The van der Waals surface area contributed by atoms with E-state index >= 15 is 0 Å². The lowest BCUT2D eigenvalue weighted by Crippen LogP contribution is -2.54. The Bertz CT molecular complexity index is 993. The fourth-order valence-electron chi connectivity index (χ4n) is 3.89. The minimum absolute atomic E-state index is 0.147. The molecule has 0 radical (unpaired) electrons. The van der Waals surface area contributed by atoms with Crippen molar-refractivity contribution in [3.05, 3.63) is 71.3 Å². The first-order valence-electron chi connectivity index (χ1n) is 10.8. The van der Waals surface area contributed by atoms with Crippen molar-refractivity contribution in [2.75, 3.05) is 33.4 Å². The summed E-state index contributed by atoms with van der Waals surface area (Å²) in [5.41, 5.74) is 0.112. The van der Waals surface area contributed by atoms with Crippen molar-refractivity contribution >= 4 is 17.7 Å². The van der Waals surface area contributed by atoms with E-state index in [1.54, 1.807) is 17.0 Å². The molecule has 3 amide bonds. The van der Waals surface area contributed by atoms with Crippen molar-refractivity contribution in [3.8, 4) is 0 Å². The van der Waals surface area contributed by atoms with Gasteiger partial charge in [0, 0.05) is 32.3 Å². The predicted molar refractivity (Wildman–Crippen MR) is 118 cm³/mol. The number of methoxy groups -OCH3 is 1. The fourth-order valence-corrected chi connectivity index (χ4v) is 3.89. The molecular formula is C24H27F2N3O4. The zero-order valence-corrected chi connectivity index (χ0v) is 18.4. The van der Waals surface area contributed by atoms with Crippen LogP contribution in [0.15, 0.2) is 48.5 Å². The molecular weight excluding hydrogens is 432 g/mol. The average Bonchev–Trinajstić information content (AvgIpc) is 2.82. The number of hydrogen-bond acceptors (Lipinski definition) is 4. The number of amides is 3. The van der Waals surface area contributed by atoms with E-state index in [-0.39, 0.29) is 29.5 Å². The number of piperidine rings is 1. The maximum absolute atomic E-state index is 14.1. The van der Waals surface area contributed by atoms with E-state index in [1.165, 1.54) is 43.5 Å². The Hall–Kier alpha value is -3.33. The molecule has 9 heteroatoms. The Labute approximate surface area is 191 Å². The molecule has 0 bridgehead atoms. The quantitative estimate of drug-likeness (QED) is 0.594. The largest absolute Gasteiger partial charge is 0.383 e. The van der Waals surface area contributed by atoms with Crippen LogP contribution in [-0.4, -0.2) is 62.0 Å². The molecule has 2 aromatic carbocycles. The topological polar surface area (TPSA) is 87.7 Å². The van der Waals surface area contributed by atoms with Crippen molar-refractivity contribution in [2.24, 2.45) is 5.92 Å². The van der Waals surface area contributed by atoms with Gasteiger partial charge in [-0.25, -0.2) is 8.78 Å². The van der Waals surface area contributed by atoms with Crippen LogP contribution in [0.5, 0.6) is 0 Å². The van der Waals surface area contributed by atoms with Crippen molar-refractivity contribution in [2.45, 2.75) is 18.9 Å². The second-order valence-corrected chi connectivity index (χ2v) is 7.85. The zero-order chi connectivity index (χ0) is 23.8. The number of benzene rings is 2. The predicted octanol–water partition coefficient (Wildman–Crippen LogP) is 2.38. The molecule has 1 aliphatic rings. The maximum atomic E-state index is 14.1. The molecule has 0 saturated carbocycles. The number of likely N-dealkylation sites (tertiary alicyclic amines) is 1. The van der Waals surface area contributed by atoms with Crippen molar-refractivity contribution in [3.63, 3.8) is 0 Å². The van der Waals surface area contributed by atoms with E-state index in [0.717, 1.165) is 0 Å². The van der Waals surface area contributed by atoms with Crippen LogP contribution >= 0.6 is 0 Å². The van der Waals surface area contributed by atoms with E-state index < -0.39 is 29.5 Å². The fraction of sp³-hybridized carbons (Fsp3) is 0.375. The molecule has 2 aromatic rings. The van der Waals surface area contributed by atoms with E-state index in [4.69, 9.17) is 4.74 Å². The lowest BCUT2D eigenvalue weighted by Gasteiger charge is -2.36. The number of nitrogens with one attached hydrogen (secondary N) is 2. The highest BCUT2D eigenvalue weighted by atomic mass is 19.1. The van der Waals surface area contributed by atoms with Gasteiger partial charge in [-0.3, -0.25) is 14.4 Å². The highest BCUT2D eigenvalue weighted by molar-refractivity contribution is 5.98. The van der Waals surface area contributed by atoms with Gasteiger partial charge in [0.15, 0.2) is 0 Å². The minimum Gasteiger partial charge on any atom is -0.383 e. The van der Waals surface area contributed by atoms with Gasteiger partial charge >= 0.3 is 0 Å². The molecule has 3 rings (SSSR count). The molecule has 2 N–H and O–H groups in total. The van der Waals surface area contributed by atoms with Gasteiger partial charge in [-0.2, -0.15) is 0 Å². The highest BCUT2D eigenvalue weighted by Gasteiger charge is 2.34. The molecule has 1 heterocycles. The first kappa shape index (κ1) is 24.3. The van der Waals surface area contributed by atoms with Gasteiger partial charge in [0.1, 0.15) is 17.7 Å². The third-order valence-corrected chi connectivity index (χ3v) is 5.66. The van der Waals surface area contributed by atoms with Crippen molar-refractivity contribution in [1.82, 2.24) is 15.5 Å². The van der Waals surface area contributed by atoms with E-state index in [9.17, 15) is 23.2 Å². The summed E-state index contributed by atoms with van der Waals surface area (Å²) < 4.78 is 32.5. The van der Waals surface area contributed by atoms with E-state index in [2.05, 4.69) is 10.6 Å². The van der Waals surface area contributed by atoms with E-state index in [1.807, 2.05) is 0 Å². The standard InChI is InChI=1S/C24H27F2N3O4/c1-33-14-11-27-23(31)21(28-22(30)19-7-2-3-8-20(19)26)16-9-12-29(13-10-16)24(32)17-5-4-6-18(25)15-17/h2-8,15-16,21H,9-14H2,1H3,(H,27,31)(H,28,30)/t21-/m1/s1. The molecule has 0 aromatic heterocycles. The van der Waals surface area contributed by atoms with Crippen LogP contribution in [0.2, 0.25) is 0 Å². The maximum Gasteiger partial charge on any atom is 0.254 e. The van der Waals surface area contributed by atoms with Gasteiger partial charge in [-0.05, 0) is 49.1 Å². The summed E-state index contributed by atoms with van der Waals surface area (Å²) in [6, 6.07) is 10.1. The number of hydrogen-bond donors (Lipinski definition) is 2. The number of nitrogens with zero attached hydrogens (tertiary/aromatic N) is 1. The van der Waals surface area contributed by atoms with Crippen LogP contribution in [0.4, 0.5) is 8.78 Å². The summed E-state index contributed by atoms with van der Waals surface area (Å²) in [6.07, 6.45) is 0.891. The minimum atomic E-state index is -0.902. The van der Waals surface area contributed by atoms with Gasteiger partial charge in [-0.15, -0.1) is 0 Å². The normalized spacial score (nSPS) is 15.1. The smallest absolute Gasteiger partial charge is 0.254 e. The number of carbonyl (C=O) groups is 3. The van der Waals surface area contributed by atoms with Crippen LogP contribution in [0.3, 0.4) is 0 Å². The number of carbonyl (C=O) groups excluding carboxylic acids is 3. The Morgan fingerprint density at radius 2 is 1.82 bits per heavy atom. The lowest BCUT2D eigenvalue weighted by atomic mass is 9.88. The summed E-state index contributed by atoms with van der Waals surface area (Å²) >= 11 is 0. The second kappa shape index (κ2) is 11.5. The number of ether oxygens (including phenoxy) is 1. The molecule has 1 saturated heterocycles. The Kier molecular flexibility index (Phi) is 8.48. The number of halogens is 2. The molecule has 1 atom stereocenters. The molecule has 0 aliphatic carbocycles. The first-order chi connectivity index (χ1) is 15.9. The Morgan fingerprint density at radius 3 is 2.48 bits per heavy atom. The monoisotopic (exact) mass is 459 g/mol. The second-order valence-electron chi connectivity index (χ2n) is 7.85. The molecule has 1 aliphatic heterocycles. The van der Waals surface area contributed by atoms with Crippen molar-refractivity contribution in [1.29, 1.82) is 0 Å². The summed E-state index contributed by atoms with van der Waals surface area (Å²) in [6.45, 7) is 1.26. The molecule has 176 valence electrons. The van der Waals surface area contributed by atoms with Gasteiger partial charge in [0.2, 0.25) is 5.91 Å². The van der Waals surface area contributed by atoms with Gasteiger partial charge in [0.25, 0.3) is 11.8 Å². The van der Waals surface area contributed by atoms with E-state index in [0.29, 0.717) is 32.5 Å².